The first-order valence-corrected chi connectivity index (χ1v) is 9.22. The lowest BCUT2D eigenvalue weighted by Gasteiger charge is -2.26. The highest BCUT2D eigenvalue weighted by atomic mass is 16.2. The van der Waals surface area contributed by atoms with Gasteiger partial charge in [0.25, 0.3) is 0 Å². The Bertz CT molecular complexity index is 623. The van der Waals surface area contributed by atoms with Gasteiger partial charge in [-0.15, -0.1) is 0 Å². The fraction of sp³-hybridized carbons (Fsp3) is 0.722. The van der Waals surface area contributed by atoms with Gasteiger partial charge in [0.05, 0.1) is 13.1 Å². The van der Waals surface area contributed by atoms with Crippen LogP contribution >= 0.6 is 0 Å². The van der Waals surface area contributed by atoms with E-state index in [2.05, 4.69) is 0 Å². The molecule has 1 aliphatic heterocycles. The van der Waals surface area contributed by atoms with Crippen LogP contribution in [0.2, 0.25) is 0 Å². The van der Waals surface area contributed by atoms with Crippen molar-refractivity contribution in [3.63, 3.8) is 0 Å². The summed E-state index contributed by atoms with van der Waals surface area (Å²) < 4.78 is 0. The smallest absolute Gasteiger partial charge is 0.242 e. The predicted molar refractivity (Wildman–Crippen MR) is 102 cm³/mol. The second-order valence-electron chi connectivity index (χ2n) is 7.20. The molecule has 0 saturated carbocycles. The van der Waals surface area contributed by atoms with Gasteiger partial charge in [0.1, 0.15) is 0 Å². The average Bonchev–Trinajstić information content (AvgIpc) is 2.66. The maximum absolute atomic E-state index is 12.3. The van der Waals surface area contributed by atoms with Crippen LogP contribution in [0, 0.1) is 0 Å². The van der Waals surface area contributed by atoms with Gasteiger partial charge >= 0.3 is 0 Å². The van der Waals surface area contributed by atoms with Crippen molar-refractivity contribution < 1.29 is 24.0 Å². The molecule has 0 N–H and O–H groups in total. The molecule has 1 heterocycles. The Labute approximate surface area is 166 Å². The van der Waals surface area contributed by atoms with Crippen LogP contribution in [-0.4, -0.2) is 122 Å². The van der Waals surface area contributed by atoms with Crippen LogP contribution in [0.25, 0.3) is 0 Å². The molecule has 0 aliphatic carbocycles. The summed E-state index contributed by atoms with van der Waals surface area (Å²) in [5.74, 6) is -1.31. The molecule has 0 aromatic carbocycles. The maximum atomic E-state index is 12.3. The molecule has 0 bridgehead atoms. The van der Waals surface area contributed by atoms with E-state index in [4.69, 9.17) is 0 Å². The van der Waals surface area contributed by atoms with Crippen LogP contribution in [0.3, 0.4) is 0 Å². The largest absolute Gasteiger partial charge is 0.344 e. The van der Waals surface area contributed by atoms with Gasteiger partial charge in [0.15, 0.2) is 0 Å². The Morgan fingerprint density at radius 1 is 0.429 bits per heavy atom. The standard InChI is InChI=1S/C18H31N5O5/c1-19-9-8-16(26)21(3)11-10-20(2)14(24)6-7-15(25)22(4)13-18(28)23(5)12-17(19)27/h6-13H2,1-5H3. The zero-order chi connectivity index (χ0) is 21.4. The molecule has 5 amide bonds. The van der Waals surface area contributed by atoms with Gasteiger partial charge in [-0.25, -0.2) is 0 Å². The Hall–Kier alpha value is -2.65. The van der Waals surface area contributed by atoms with Crippen LogP contribution in [0.5, 0.6) is 0 Å². The van der Waals surface area contributed by atoms with E-state index < -0.39 is 0 Å². The minimum Gasteiger partial charge on any atom is -0.344 e. The predicted octanol–water partition coefficient (Wildman–Crippen LogP) is -1.54. The van der Waals surface area contributed by atoms with E-state index in [0.29, 0.717) is 13.1 Å². The lowest BCUT2D eigenvalue weighted by molar-refractivity contribution is -0.143. The SMILES string of the molecule is CN1CCN(C)C(=O)CCN(C)C(=O)CN(C)C(=O)CN(C)C(=O)CCC1=O. The van der Waals surface area contributed by atoms with Crippen molar-refractivity contribution >= 4 is 29.5 Å². The molecule has 1 rings (SSSR count). The third-order valence-corrected chi connectivity index (χ3v) is 4.86. The number of hydrogen-bond donors (Lipinski definition) is 0. The monoisotopic (exact) mass is 397 g/mol. The van der Waals surface area contributed by atoms with Gasteiger partial charge in [-0.1, -0.05) is 0 Å². The molecule has 0 aromatic rings. The lowest BCUT2D eigenvalue weighted by atomic mass is 10.2. The van der Waals surface area contributed by atoms with Crippen molar-refractivity contribution in [1.29, 1.82) is 0 Å². The summed E-state index contributed by atoms with van der Waals surface area (Å²) in [4.78, 5) is 68.0. The Morgan fingerprint density at radius 2 is 0.750 bits per heavy atom. The van der Waals surface area contributed by atoms with Crippen molar-refractivity contribution in [3.8, 4) is 0 Å². The third kappa shape index (κ3) is 7.16. The molecule has 10 heteroatoms. The van der Waals surface area contributed by atoms with Crippen LogP contribution in [0.15, 0.2) is 0 Å². The number of carbonyl (C=O) groups is 5. The van der Waals surface area contributed by atoms with E-state index >= 15 is 0 Å². The molecule has 0 unspecified atom stereocenters. The molecule has 0 aromatic heterocycles. The summed E-state index contributed by atoms with van der Waals surface area (Å²) in [6, 6.07) is 0. The summed E-state index contributed by atoms with van der Waals surface area (Å²) in [7, 11) is 7.83. The van der Waals surface area contributed by atoms with Crippen LogP contribution in [-0.2, 0) is 24.0 Å². The highest BCUT2D eigenvalue weighted by molar-refractivity contribution is 5.89. The van der Waals surface area contributed by atoms with Gasteiger partial charge in [-0.2, -0.15) is 0 Å². The van der Waals surface area contributed by atoms with E-state index in [0.717, 1.165) is 0 Å². The minimum atomic E-state index is -0.377. The first kappa shape index (κ1) is 23.4. The number of likely N-dealkylation sites (N-methyl/N-ethyl adjacent to an activating group) is 5. The second kappa shape index (κ2) is 10.6. The lowest BCUT2D eigenvalue weighted by Crippen LogP contribution is -2.45. The van der Waals surface area contributed by atoms with Gasteiger partial charge in [-0.05, 0) is 0 Å². The Kier molecular flexibility index (Phi) is 8.87. The second-order valence-corrected chi connectivity index (χ2v) is 7.20. The molecule has 28 heavy (non-hydrogen) atoms. The van der Waals surface area contributed by atoms with E-state index in [1.54, 1.807) is 21.1 Å². The molecule has 1 saturated heterocycles. The number of nitrogens with zero attached hydrogens (tertiary/aromatic N) is 5. The molecular formula is C18H31N5O5. The van der Waals surface area contributed by atoms with Crippen molar-refractivity contribution in [1.82, 2.24) is 24.5 Å². The molecule has 10 nitrogen and oxygen atoms in total. The quantitative estimate of drug-likeness (QED) is 0.493. The molecule has 158 valence electrons. The molecular weight excluding hydrogens is 366 g/mol. The number of amides is 5. The van der Waals surface area contributed by atoms with E-state index in [1.165, 1.54) is 38.6 Å². The Morgan fingerprint density at radius 3 is 1.25 bits per heavy atom. The minimum absolute atomic E-state index is 0.00684. The summed E-state index contributed by atoms with van der Waals surface area (Å²) in [6.07, 6.45) is 0.184. The first-order valence-electron chi connectivity index (χ1n) is 9.22. The normalized spacial score (nSPS) is 20.6. The average molecular weight is 397 g/mol. The van der Waals surface area contributed by atoms with Gasteiger partial charge in [0.2, 0.25) is 29.5 Å². The molecule has 0 atom stereocenters. The summed E-state index contributed by atoms with van der Waals surface area (Å²) in [5, 5.41) is 0. The molecule has 1 fully saturated rings. The zero-order valence-corrected chi connectivity index (χ0v) is 17.4. The van der Waals surface area contributed by atoms with Gasteiger partial charge in [0, 0.05) is 74.1 Å². The molecule has 1 aliphatic rings. The van der Waals surface area contributed by atoms with Crippen molar-refractivity contribution in [2.24, 2.45) is 0 Å². The van der Waals surface area contributed by atoms with Gasteiger partial charge in [-0.3, -0.25) is 24.0 Å². The van der Waals surface area contributed by atoms with Crippen LogP contribution < -0.4 is 0 Å². The van der Waals surface area contributed by atoms with Gasteiger partial charge < -0.3 is 24.5 Å². The summed E-state index contributed by atoms with van der Waals surface area (Å²) >= 11 is 0. The third-order valence-electron chi connectivity index (χ3n) is 4.86. The molecule has 0 radical (unpaired) electrons. The Balaban J connectivity index is 2.87. The number of hydrogen-bond acceptors (Lipinski definition) is 5. The highest BCUT2D eigenvalue weighted by Crippen LogP contribution is 2.03. The topological polar surface area (TPSA) is 102 Å². The van der Waals surface area contributed by atoms with E-state index in [-0.39, 0.29) is 68.4 Å². The van der Waals surface area contributed by atoms with Crippen LogP contribution in [0.4, 0.5) is 0 Å². The van der Waals surface area contributed by atoms with E-state index in [9.17, 15) is 24.0 Å². The van der Waals surface area contributed by atoms with Crippen LogP contribution in [0.1, 0.15) is 19.3 Å². The highest BCUT2D eigenvalue weighted by Gasteiger charge is 2.22. The number of carbonyl (C=O) groups excluding carboxylic acids is 5. The zero-order valence-electron chi connectivity index (χ0n) is 17.4. The fourth-order valence-electron chi connectivity index (χ4n) is 2.55. The fourth-order valence-corrected chi connectivity index (χ4v) is 2.55. The maximum Gasteiger partial charge on any atom is 0.242 e. The van der Waals surface area contributed by atoms with Crippen molar-refractivity contribution in [2.45, 2.75) is 19.3 Å². The summed E-state index contributed by atoms with van der Waals surface area (Å²) in [6.45, 7) is 0.647. The molecule has 0 spiro atoms. The summed E-state index contributed by atoms with van der Waals surface area (Å²) in [5.41, 5.74) is 0. The number of rotatable bonds is 0. The van der Waals surface area contributed by atoms with Crippen molar-refractivity contribution in [2.75, 3.05) is 68.0 Å². The van der Waals surface area contributed by atoms with Crippen molar-refractivity contribution in [3.05, 3.63) is 0 Å². The first-order chi connectivity index (χ1) is 13.0. The van der Waals surface area contributed by atoms with E-state index in [1.807, 2.05) is 0 Å².